The summed E-state index contributed by atoms with van der Waals surface area (Å²) in [7, 11) is 1.80. The van der Waals surface area contributed by atoms with Gasteiger partial charge in [0.1, 0.15) is 15.4 Å². The molecule has 0 bridgehead atoms. The van der Waals surface area contributed by atoms with Crippen LogP contribution >= 0.6 is 11.3 Å². The first-order valence-corrected chi connectivity index (χ1v) is 13.1. The smallest absolute Gasteiger partial charge is 0.295 e. The van der Waals surface area contributed by atoms with Crippen molar-refractivity contribution in [3.05, 3.63) is 104 Å². The summed E-state index contributed by atoms with van der Waals surface area (Å²) in [6.07, 6.45) is 2.85. The summed E-state index contributed by atoms with van der Waals surface area (Å²) < 4.78 is 3.28. The molecule has 0 saturated carbocycles. The molecule has 1 amide bonds. The second kappa shape index (κ2) is 9.05. The molecule has 3 N–H and O–H groups in total. The molecular formula is C29H27N5O2S. The van der Waals surface area contributed by atoms with Crippen molar-refractivity contribution in [2.45, 2.75) is 32.1 Å². The molecule has 8 heteroatoms. The van der Waals surface area contributed by atoms with Crippen LogP contribution in [0.25, 0.3) is 15.9 Å². The van der Waals surface area contributed by atoms with Crippen molar-refractivity contribution in [3.63, 3.8) is 0 Å². The average molecular weight is 510 g/mol. The lowest BCUT2D eigenvalue weighted by Crippen LogP contribution is -2.22. The van der Waals surface area contributed by atoms with Crippen LogP contribution < -0.4 is 16.6 Å². The van der Waals surface area contributed by atoms with E-state index in [2.05, 4.69) is 35.6 Å². The summed E-state index contributed by atoms with van der Waals surface area (Å²) in [4.78, 5) is 32.6. The van der Waals surface area contributed by atoms with Crippen LogP contribution in [0.1, 0.15) is 44.5 Å². The van der Waals surface area contributed by atoms with E-state index in [4.69, 9.17) is 10.7 Å². The number of nitrogen functional groups attached to an aromatic ring is 1. The molecule has 5 aromatic rings. The lowest BCUT2D eigenvalue weighted by Gasteiger charge is -2.24. The fourth-order valence-electron chi connectivity index (χ4n) is 5.25. The van der Waals surface area contributed by atoms with Gasteiger partial charge >= 0.3 is 0 Å². The standard InChI is InChI=1S/C29H27N5O2S/c1-17-25(29(36)34(33(17)2)21-11-7-4-8-12-21)32-27(35)26-24(30)22-16-20-15-19(18-9-5-3-6-10-18)13-14-23(20)31-28(22)37-26/h3-12,16,19H,13-15,30H2,1-2H3,(H,32,35). The first-order valence-electron chi connectivity index (χ1n) is 12.3. The van der Waals surface area contributed by atoms with E-state index in [0.29, 0.717) is 22.2 Å². The number of aryl methyl sites for hydroxylation is 1. The zero-order valence-corrected chi connectivity index (χ0v) is 21.5. The number of nitrogens with zero attached hydrogens (tertiary/aromatic N) is 3. The fraction of sp³-hybridized carbons (Fsp3) is 0.207. The van der Waals surface area contributed by atoms with E-state index in [0.717, 1.165) is 40.9 Å². The van der Waals surface area contributed by atoms with Gasteiger partial charge in [0, 0.05) is 18.1 Å². The molecule has 6 rings (SSSR count). The summed E-state index contributed by atoms with van der Waals surface area (Å²) in [6, 6.07) is 22.0. The monoisotopic (exact) mass is 509 g/mol. The van der Waals surface area contributed by atoms with Crippen molar-refractivity contribution < 1.29 is 4.79 Å². The average Bonchev–Trinajstić information content (AvgIpc) is 3.35. The van der Waals surface area contributed by atoms with Gasteiger partial charge in [0.2, 0.25) is 0 Å². The molecule has 1 unspecified atom stereocenters. The van der Waals surface area contributed by atoms with Gasteiger partial charge in [0.05, 0.1) is 17.1 Å². The minimum atomic E-state index is -0.397. The Morgan fingerprint density at radius 2 is 1.81 bits per heavy atom. The van der Waals surface area contributed by atoms with Gasteiger partial charge in [-0.3, -0.25) is 14.3 Å². The molecule has 0 aliphatic heterocycles. The quantitative estimate of drug-likeness (QED) is 0.348. The van der Waals surface area contributed by atoms with Gasteiger partial charge in [-0.2, -0.15) is 0 Å². The van der Waals surface area contributed by atoms with Gasteiger partial charge in [-0.1, -0.05) is 48.5 Å². The van der Waals surface area contributed by atoms with Crippen LogP contribution in [0, 0.1) is 6.92 Å². The van der Waals surface area contributed by atoms with E-state index >= 15 is 0 Å². The van der Waals surface area contributed by atoms with E-state index in [9.17, 15) is 9.59 Å². The van der Waals surface area contributed by atoms with Crippen LogP contribution in [0.15, 0.2) is 71.5 Å². The second-order valence-corrected chi connectivity index (χ2v) is 10.5. The summed E-state index contributed by atoms with van der Waals surface area (Å²) >= 11 is 1.28. The minimum absolute atomic E-state index is 0.242. The summed E-state index contributed by atoms with van der Waals surface area (Å²) in [5.74, 6) is 0.0510. The van der Waals surface area contributed by atoms with Crippen LogP contribution in [0.2, 0.25) is 0 Å². The maximum atomic E-state index is 13.4. The molecule has 7 nitrogen and oxygen atoms in total. The molecule has 0 radical (unpaired) electrons. The third kappa shape index (κ3) is 3.94. The van der Waals surface area contributed by atoms with Crippen molar-refractivity contribution in [2.24, 2.45) is 7.05 Å². The Morgan fingerprint density at radius 3 is 2.54 bits per heavy atom. The normalized spacial score (nSPS) is 15.0. The number of rotatable bonds is 4. The van der Waals surface area contributed by atoms with E-state index in [1.807, 2.05) is 43.3 Å². The highest BCUT2D eigenvalue weighted by Gasteiger charge is 2.26. The zero-order chi connectivity index (χ0) is 25.7. The molecule has 1 atom stereocenters. The van der Waals surface area contributed by atoms with Crippen molar-refractivity contribution >= 4 is 38.8 Å². The largest absolute Gasteiger partial charge is 0.397 e. The third-order valence-corrected chi connectivity index (χ3v) is 8.47. The number of fused-ring (bicyclic) bond motifs is 2. The maximum Gasteiger partial charge on any atom is 0.295 e. The van der Waals surface area contributed by atoms with Crippen LogP contribution in [-0.4, -0.2) is 20.3 Å². The molecule has 37 heavy (non-hydrogen) atoms. The molecule has 0 saturated heterocycles. The van der Waals surface area contributed by atoms with Crippen molar-refractivity contribution in [1.82, 2.24) is 14.3 Å². The molecule has 0 fully saturated rings. The molecule has 1 aliphatic rings. The van der Waals surface area contributed by atoms with Gasteiger partial charge in [-0.25, -0.2) is 9.67 Å². The fourth-order valence-corrected chi connectivity index (χ4v) is 6.24. The molecule has 1 aliphatic carbocycles. The number of para-hydroxylation sites is 1. The number of nitrogens with two attached hydrogens (primary N) is 1. The number of thiophene rings is 1. The third-order valence-electron chi connectivity index (χ3n) is 7.36. The van der Waals surface area contributed by atoms with Gasteiger partial charge in [-0.05, 0) is 61.4 Å². The Balaban J connectivity index is 1.32. The molecule has 3 heterocycles. The zero-order valence-electron chi connectivity index (χ0n) is 20.7. The summed E-state index contributed by atoms with van der Waals surface area (Å²) in [5, 5.41) is 3.64. The Morgan fingerprint density at radius 1 is 1.11 bits per heavy atom. The predicted octanol–water partition coefficient (Wildman–Crippen LogP) is 5.20. The van der Waals surface area contributed by atoms with Gasteiger partial charge in [0.15, 0.2) is 0 Å². The van der Waals surface area contributed by atoms with E-state index < -0.39 is 5.91 Å². The molecular weight excluding hydrogens is 482 g/mol. The van der Waals surface area contributed by atoms with E-state index in [1.54, 1.807) is 11.7 Å². The SMILES string of the molecule is Cc1c(NC(=O)c2sc3nc4c(cc3c2N)CC(c2ccccc2)CC4)c(=O)n(-c2ccccc2)n1C. The first-order chi connectivity index (χ1) is 17.9. The van der Waals surface area contributed by atoms with E-state index in [1.165, 1.54) is 27.1 Å². The molecule has 186 valence electrons. The summed E-state index contributed by atoms with van der Waals surface area (Å²) in [5.41, 5.74) is 11.8. The van der Waals surface area contributed by atoms with Crippen molar-refractivity contribution in [2.75, 3.05) is 11.1 Å². The highest BCUT2D eigenvalue weighted by atomic mass is 32.1. The number of amides is 1. The molecule has 0 spiro atoms. The topological polar surface area (TPSA) is 94.9 Å². The Bertz CT molecular complexity index is 1700. The lowest BCUT2D eigenvalue weighted by molar-refractivity contribution is 0.103. The molecule has 2 aromatic carbocycles. The van der Waals surface area contributed by atoms with Crippen molar-refractivity contribution in [3.8, 4) is 5.69 Å². The number of hydrogen-bond donors (Lipinski definition) is 2. The van der Waals surface area contributed by atoms with Crippen LogP contribution in [-0.2, 0) is 19.9 Å². The number of carbonyl (C=O) groups excluding carboxylic acids is 1. The van der Waals surface area contributed by atoms with Crippen LogP contribution in [0.3, 0.4) is 0 Å². The van der Waals surface area contributed by atoms with E-state index in [-0.39, 0.29) is 11.2 Å². The van der Waals surface area contributed by atoms with Gasteiger partial charge in [-0.15, -0.1) is 11.3 Å². The number of hydrogen-bond acceptors (Lipinski definition) is 5. The predicted molar refractivity (Wildman–Crippen MR) is 149 cm³/mol. The number of aromatic nitrogens is 3. The Hall–Kier alpha value is -4.17. The highest BCUT2D eigenvalue weighted by Crippen LogP contribution is 2.38. The Labute approximate surface area is 218 Å². The Kier molecular flexibility index (Phi) is 5.68. The number of anilines is 2. The minimum Gasteiger partial charge on any atom is -0.397 e. The number of benzene rings is 2. The maximum absolute atomic E-state index is 13.4. The van der Waals surface area contributed by atoms with Gasteiger partial charge < -0.3 is 11.1 Å². The highest BCUT2D eigenvalue weighted by molar-refractivity contribution is 7.21. The summed E-state index contributed by atoms with van der Waals surface area (Å²) in [6.45, 7) is 1.81. The lowest BCUT2D eigenvalue weighted by atomic mass is 9.82. The first kappa shape index (κ1) is 23.2. The van der Waals surface area contributed by atoms with Crippen LogP contribution in [0.5, 0.6) is 0 Å². The number of pyridine rings is 1. The number of carbonyl (C=O) groups is 1. The number of nitrogens with one attached hydrogen (secondary N) is 1. The molecule has 3 aromatic heterocycles. The van der Waals surface area contributed by atoms with Crippen molar-refractivity contribution in [1.29, 1.82) is 0 Å². The van der Waals surface area contributed by atoms with Gasteiger partial charge in [0.25, 0.3) is 11.5 Å². The van der Waals surface area contributed by atoms with Crippen LogP contribution in [0.4, 0.5) is 11.4 Å². The second-order valence-electron chi connectivity index (χ2n) is 9.53.